The van der Waals surface area contributed by atoms with Crippen molar-refractivity contribution in [3.05, 3.63) is 70.2 Å². The van der Waals surface area contributed by atoms with Gasteiger partial charge in [-0.15, -0.1) is 5.10 Å². The van der Waals surface area contributed by atoms with Gasteiger partial charge in [0.25, 0.3) is 5.91 Å². The average molecular weight is 532 g/mol. The number of hydrogen-bond acceptors (Lipinski definition) is 8. The molecule has 4 N–H and O–H groups in total. The van der Waals surface area contributed by atoms with Crippen LogP contribution in [0.2, 0.25) is 5.02 Å². The number of rotatable bonds is 9. The number of aromatic nitrogens is 3. The predicted molar refractivity (Wildman–Crippen MR) is 140 cm³/mol. The third-order valence-corrected chi connectivity index (χ3v) is 7.04. The van der Waals surface area contributed by atoms with Crippen LogP contribution in [0.15, 0.2) is 48.5 Å². The fourth-order valence-corrected chi connectivity index (χ4v) is 4.96. The number of nitrogen functional groups attached to an aromatic ring is 1. The zero-order chi connectivity index (χ0) is 25.7. The maximum absolute atomic E-state index is 12.1. The van der Waals surface area contributed by atoms with Crippen LogP contribution in [0.5, 0.6) is 0 Å². The number of sulfonamides is 1. The van der Waals surface area contributed by atoms with Crippen molar-refractivity contribution in [2.75, 3.05) is 36.5 Å². The molecule has 10 nitrogen and oxygen atoms in total. The van der Waals surface area contributed by atoms with Crippen LogP contribution in [0.3, 0.4) is 0 Å². The Morgan fingerprint density at radius 1 is 1.14 bits per heavy atom. The lowest BCUT2D eigenvalue weighted by molar-refractivity contribution is 0.0981. The second-order valence-corrected chi connectivity index (χ2v) is 11.2. The summed E-state index contributed by atoms with van der Waals surface area (Å²) in [6, 6.07) is 15.3. The maximum Gasteiger partial charge on any atom is 0.264 e. The summed E-state index contributed by atoms with van der Waals surface area (Å²) in [7, 11) is -3.61. The fourth-order valence-electron chi connectivity index (χ4n) is 4.38. The highest BCUT2D eigenvalue weighted by molar-refractivity contribution is 7.89. The van der Waals surface area contributed by atoms with Crippen molar-refractivity contribution in [1.82, 2.24) is 24.8 Å². The van der Waals surface area contributed by atoms with E-state index < -0.39 is 15.9 Å². The van der Waals surface area contributed by atoms with E-state index in [0.717, 1.165) is 55.7 Å². The molecule has 2 heterocycles. The van der Waals surface area contributed by atoms with Gasteiger partial charge in [-0.1, -0.05) is 35.9 Å². The molecule has 1 aliphatic rings. The number of nitrogens with one attached hydrogen (secondary N) is 2. The number of benzene rings is 2. The summed E-state index contributed by atoms with van der Waals surface area (Å²) >= 11 is 6.04. The number of nitrogens with two attached hydrogens (primary N) is 1. The summed E-state index contributed by atoms with van der Waals surface area (Å²) in [6.45, 7) is 3.21. The molecule has 0 aliphatic carbocycles. The molecule has 192 valence electrons. The van der Waals surface area contributed by atoms with E-state index in [-0.39, 0.29) is 0 Å². The third-order valence-electron chi connectivity index (χ3n) is 6.24. The monoisotopic (exact) mass is 531 g/mol. The Morgan fingerprint density at radius 3 is 2.36 bits per heavy atom. The number of anilines is 2. The van der Waals surface area contributed by atoms with E-state index in [4.69, 9.17) is 17.3 Å². The second-order valence-electron chi connectivity index (χ2n) is 8.99. The summed E-state index contributed by atoms with van der Waals surface area (Å²) in [6.07, 6.45) is 3.73. The van der Waals surface area contributed by atoms with Gasteiger partial charge in [-0.05, 0) is 54.7 Å². The van der Waals surface area contributed by atoms with Crippen LogP contribution < -0.4 is 15.4 Å². The van der Waals surface area contributed by atoms with Gasteiger partial charge in [-0.2, -0.15) is 4.98 Å². The van der Waals surface area contributed by atoms with Gasteiger partial charge in [0.1, 0.15) is 0 Å². The van der Waals surface area contributed by atoms with E-state index in [1.165, 1.54) is 5.56 Å². The molecule has 0 radical (unpaired) electrons. The largest absolute Gasteiger partial charge is 0.368 e. The molecule has 0 atom stereocenters. The van der Waals surface area contributed by atoms with Gasteiger partial charge in [-0.25, -0.2) is 18.2 Å². The van der Waals surface area contributed by atoms with Crippen LogP contribution in [-0.4, -0.2) is 66.3 Å². The number of hydrogen-bond donors (Lipinski definition) is 3. The Hall–Kier alpha value is -3.15. The Balaban J connectivity index is 1.44. The minimum Gasteiger partial charge on any atom is -0.368 e. The van der Waals surface area contributed by atoms with Crippen LogP contribution >= 0.6 is 11.6 Å². The summed E-state index contributed by atoms with van der Waals surface area (Å²) in [5.74, 6) is 0.302. The van der Waals surface area contributed by atoms with Crippen molar-refractivity contribution in [2.24, 2.45) is 0 Å². The standard InChI is InChI=1S/C24H30ClN7O3S/c1-36(34,35)30-22(33)19-6-2-18(3-7-19)16-32(13-10-17-4-8-20(25)9-5-17)21-11-14-31(15-12-21)24-27-23(26)28-29-24/h2-9,21H,10-16H2,1H3,(H,30,33)(H3,26,27,28,29). The van der Waals surface area contributed by atoms with Crippen molar-refractivity contribution in [3.8, 4) is 0 Å². The average Bonchev–Trinajstić information content (AvgIpc) is 3.28. The normalized spacial score (nSPS) is 14.8. The topological polar surface area (TPSA) is 137 Å². The Bertz CT molecular complexity index is 1270. The Kier molecular flexibility index (Phi) is 8.12. The highest BCUT2D eigenvalue weighted by Gasteiger charge is 2.26. The fraction of sp³-hybridized carbons (Fsp3) is 0.375. The smallest absolute Gasteiger partial charge is 0.264 e. The molecular weight excluding hydrogens is 502 g/mol. The first-order valence-electron chi connectivity index (χ1n) is 11.7. The maximum atomic E-state index is 12.1. The molecule has 4 rings (SSSR count). The van der Waals surface area contributed by atoms with Gasteiger partial charge in [0.15, 0.2) is 0 Å². The van der Waals surface area contributed by atoms with Crippen LogP contribution in [0.4, 0.5) is 11.9 Å². The van der Waals surface area contributed by atoms with E-state index in [1.54, 1.807) is 12.1 Å². The zero-order valence-corrected chi connectivity index (χ0v) is 21.6. The predicted octanol–water partition coefficient (Wildman–Crippen LogP) is 2.44. The minimum absolute atomic E-state index is 0.302. The van der Waals surface area contributed by atoms with Crippen molar-refractivity contribution in [3.63, 3.8) is 0 Å². The summed E-state index contributed by atoms with van der Waals surface area (Å²) in [4.78, 5) is 21.0. The number of carbonyl (C=O) groups is 1. The first-order valence-corrected chi connectivity index (χ1v) is 14.0. The van der Waals surface area contributed by atoms with Crippen molar-refractivity contribution in [2.45, 2.75) is 31.8 Å². The zero-order valence-electron chi connectivity index (χ0n) is 20.0. The van der Waals surface area contributed by atoms with E-state index in [9.17, 15) is 13.2 Å². The lowest BCUT2D eigenvalue weighted by Gasteiger charge is -2.38. The molecular formula is C24H30ClN7O3S. The van der Waals surface area contributed by atoms with Crippen molar-refractivity contribution < 1.29 is 13.2 Å². The van der Waals surface area contributed by atoms with Gasteiger partial charge < -0.3 is 10.6 Å². The van der Waals surface area contributed by atoms with Crippen LogP contribution in [-0.2, 0) is 23.0 Å². The van der Waals surface area contributed by atoms with E-state index in [2.05, 4.69) is 25.0 Å². The molecule has 0 saturated carbocycles. The van der Waals surface area contributed by atoms with E-state index in [0.29, 0.717) is 30.0 Å². The number of carbonyl (C=O) groups excluding carboxylic acids is 1. The molecule has 2 aromatic carbocycles. The summed E-state index contributed by atoms with van der Waals surface area (Å²) in [5.41, 5.74) is 8.25. The quantitative estimate of drug-likeness (QED) is 0.383. The molecule has 3 aromatic rings. The first-order chi connectivity index (χ1) is 17.2. The second kappa shape index (κ2) is 11.3. The molecule has 0 spiro atoms. The molecule has 1 aliphatic heterocycles. The molecule has 1 aromatic heterocycles. The lowest BCUT2D eigenvalue weighted by Crippen LogP contribution is -2.45. The third kappa shape index (κ3) is 7.19. The van der Waals surface area contributed by atoms with Crippen molar-refractivity contribution >= 4 is 39.4 Å². The van der Waals surface area contributed by atoms with Gasteiger partial charge in [0.05, 0.1) is 6.26 Å². The van der Waals surface area contributed by atoms with Crippen LogP contribution in [0.1, 0.15) is 34.3 Å². The molecule has 12 heteroatoms. The number of nitrogens with zero attached hydrogens (tertiary/aromatic N) is 4. The highest BCUT2D eigenvalue weighted by Crippen LogP contribution is 2.23. The van der Waals surface area contributed by atoms with Gasteiger partial charge in [0, 0.05) is 42.8 Å². The minimum atomic E-state index is -3.61. The Morgan fingerprint density at radius 2 is 1.78 bits per heavy atom. The van der Waals surface area contributed by atoms with Crippen molar-refractivity contribution in [1.29, 1.82) is 0 Å². The lowest BCUT2D eigenvalue weighted by atomic mass is 10.0. The van der Waals surface area contributed by atoms with E-state index in [1.807, 2.05) is 41.1 Å². The highest BCUT2D eigenvalue weighted by atomic mass is 35.5. The summed E-state index contributed by atoms with van der Waals surface area (Å²) < 4.78 is 24.7. The number of H-pyrrole nitrogens is 1. The summed E-state index contributed by atoms with van der Waals surface area (Å²) in [5, 5.41) is 7.59. The molecule has 0 bridgehead atoms. The molecule has 1 amide bonds. The molecule has 1 saturated heterocycles. The van der Waals surface area contributed by atoms with Gasteiger partial charge in [0.2, 0.25) is 21.9 Å². The number of amides is 1. The van der Waals surface area contributed by atoms with E-state index >= 15 is 0 Å². The SMILES string of the molecule is CS(=O)(=O)NC(=O)c1ccc(CN(CCc2ccc(Cl)cc2)C2CCN(c3n[nH]c(N)n3)CC2)cc1. The van der Waals surface area contributed by atoms with Crippen LogP contribution in [0.25, 0.3) is 0 Å². The van der Waals surface area contributed by atoms with Gasteiger partial charge in [-0.3, -0.25) is 9.69 Å². The number of piperidine rings is 1. The Labute approximate surface area is 215 Å². The van der Waals surface area contributed by atoms with Crippen LogP contribution in [0, 0.1) is 0 Å². The molecule has 36 heavy (non-hydrogen) atoms. The van der Waals surface area contributed by atoms with Gasteiger partial charge >= 0.3 is 0 Å². The number of aromatic amines is 1. The first kappa shape index (κ1) is 25.9. The molecule has 1 fully saturated rings. The number of halogens is 1. The molecule has 0 unspecified atom stereocenters.